The average Bonchev–Trinajstić information content (AvgIpc) is 2.59. The molecule has 0 bridgehead atoms. The van der Waals surface area contributed by atoms with Crippen LogP contribution in [0.2, 0.25) is 0 Å². The Labute approximate surface area is 169 Å². The molecule has 0 fully saturated rings. The molecule has 1 aromatic rings. The lowest BCUT2D eigenvalue weighted by Crippen LogP contribution is -2.39. The number of nitrogens with zero attached hydrogens (tertiary/aromatic N) is 2. The van der Waals surface area contributed by atoms with Crippen molar-refractivity contribution in [3.05, 3.63) is 29.8 Å². The Morgan fingerprint density at radius 2 is 1.84 bits per heavy atom. The summed E-state index contributed by atoms with van der Waals surface area (Å²) in [4.78, 5) is 6.89. The van der Waals surface area contributed by atoms with E-state index in [0.29, 0.717) is 13.2 Å². The highest BCUT2D eigenvalue weighted by Crippen LogP contribution is 2.21. The molecule has 0 heterocycles. The Balaban J connectivity index is 0.00000576. The summed E-state index contributed by atoms with van der Waals surface area (Å²) in [5.74, 6) is 1.68. The molecule has 0 spiro atoms. The van der Waals surface area contributed by atoms with E-state index in [1.54, 1.807) is 7.11 Å². The first-order valence-corrected chi connectivity index (χ1v) is 8.52. The molecule has 1 aromatic carbocycles. The highest BCUT2D eigenvalue weighted by Gasteiger charge is 2.14. The van der Waals surface area contributed by atoms with Crippen LogP contribution in [-0.4, -0.2) is 64.9 Å². The maximum Gasteiger partial charge on any atom is 0.191 e. The van der Waals surface area contributed by atoms with E-state index in [2.05, 4.69) is 48.7 Å². The van der Waals surface area contributed by atoms with Crippen molar-refractivity contribution in [1.82, 2.24) is 15.5 Å². The molecule has 1 rings (SSSR count). The van der Waals surface area contributed by atoms with Gasteiger partial charge in [0.15, 0.2) is 5.96 Å². The largest absolute Gasteiger partial charge is 0.497 e. The third-order valence-corrected chi connectivity index (χ3v) is 3.63. The molecule has 0 amide bonds. The minimum atomic E-state index is 0. The van der Waals surface area contributed by atoms with Gasteiger partial charge >= 0.3 is 0 Å². The SMILES string of the molecule is CCNC(=NCC(c1ccc(OC)cc1)N(C)C)NCCOCC.I. The van der Waals surface area contributed by atoms with Gasteiger partial charge in [-0.25, -0.2) is 0 Å². The van der Waals surface area contributed by atoms with E-state index in [1.807, 2.05) is 19.1 Å². The van der Waals surface area contributed by atoms with E-state index in [9.17, 15) is 0 Å². The fourth-order valence-corrected chi connectivity index (χ4v) is 2.30. The summed E-state index contributed by atoms with van der Waals surface area (Å²) in [5, 5.41) is 6.56. The van der Waals surface area contributed by atoms with Crippen LogP contribution in [0, 0.1) is 0 Å². The molecule has 25 heavy (non-hydrogen) atoms. The standard InChI is InChI=1S/C18H32N4O2.HI/c1-6-19-18(20-12-13-24-7-2)21-14-17(22(3)4)15-8-10-16(23-5)11-9-15;/h8-11,17H,6-7,12-14H2,1-5H3,(H2,19,20,21);1H. The second-order valence-electron chi connectivity index (χ2n) is 5.60. The molecular formula is C18H33IN4O2. The van der Waals surface area contributed by atoms with E-state index in [4.69, 9.17) is 14.5 Å². The molecule has 1 atom stereocenters. The van der Waals surface area contributed by atoms with E-state index in [1.165, 1.54) is 5.56 Å². The van der Waals surface area contributed by atoms with Crippen molar-refractivity contribution >= 4 is 29.9 Å². The number of ether oxygens (including phenoxy) is 2. The summed E-state index contributed by atoms with van der Waals surface area (Å²) in [6.45, 7) is 7.71. The quantitative estimate of drug-likeness (QED) is 0.241. The van der Waals surface area contributed by atoms with Crippen LogP contribution < -0.4 is 15.4 Å². The Kier molecular flexibility index (Phi) is 13.5. The molecule has 7 heteroatoms. The van der Waals surface area contributed by atoms with Crippen LogP contribution in [0.1, 0.15) is 25.5 Å². The fourth-order valence-electron chi connectivity index (χ4n) is 2.30. The first kappa shape index (κ1) is 23.9. The van der Waals surface area contributed by atoms with Crippen LogP contribution in [0.5, 0.6) is 5.75 Å². The van der Waals surface area contributed by atoms with Crippen LogP contribution >= 0.6 is 24.0 Å². The molecule has 6 nitrogen and oxygen atoms in total. The van der Waals surface area contributed by atoms with Crippen LogP contribution in [-0.2, 0) is 4.74 Å². The third-order valence-electron chi connectivity index (χ3n) is 3.63. The van der Waals surface area contributed by atoms with Crippen molar-refractivity contribution in [3.63, 3.8) is 0 Å². The number of hydrogen-bond acceptors (Lipinski definition) is 4. The van der Waals surface area contributed by atoms with E-state index < -0.39 is 0 Å². The zero-order valence-electron chi connectivity index (χ0n) is 16.0. The van der Waals surface area contributed by atoms with Gasteiger partial charge in [-0.2, -0.15) is 0 Å². The van der Waals surface area contributed by atoms with Crippen LogP contribution in [0.15, 0.2) is 29.3 Å². The van der Waals surface area contributed by atoms with E-state index in [-0.39, 0.29) is 30.0 Å². The number of benzene rings is 1. The van der Waals surface area contributed by atoms with Gasteiger partial charge in [-0.3, -0.25) is 4.99 Å². The molecule has 1 unspecified atom stereocenters. The number of hydrogen-bond donors (Lipinski definition) is 2. The summed E-state index contributed by atoms with van der Waals surface area (Å²) in [6.07, 6.45) is 0. The third kappa shape index (κ3) is 9.27. The van der Waals surface area contributed by atoms with E-state index >= 15 is 0 Å². The molecule has 0 saturated heterocycles. The molecule has 0 saturated carbocycles. The van der Waals surface area contributed by atoms with Gasteiger partial charge in [-0.05, 0) is 45.6 Å². The van der Waals surface area contributed by atoms with Crippen molar-refractivity contribution in [2.24, 2.45) is 4.99 Å². The molecule has 0 aliphatic carbocycles. The molecule has 0 aliphatic heterocycles. The lowest BCUT2D eigenvalue weighted by atomic mass is 10.1. The van der Waals surface area contributed by atoms with Gasteiger partial charge in [0.2, 0.25) is 0 Å². The summed E-state index contributed by atoms with van der Waals surface area (Å²) in [5.41, 5.74) is 1.22. The zero-order chi connectivity index (χ0) is 17.8. The molecule has 0 aromatic heterocycles. The summed E-state index contributed by atoms with van der Waals surface area (Å²) >= 11 is 0. The number of halogens is 1. The maximum atomic E-state index is 5.35. The molecule has 0 aliphatic rings. The number of aliphatic imine (C=N–C) groups is 1. The summed E-state index contributed by atoms with van der Waals surface area (Å²) in [7, 11) is 5.82. The van der Waals surface area contributed by atoms with Crippen molar-refractivity contribution < 1.29 is 9.47 Å². The number of guanidine groups is 1. The van der Waals surface area contributed by atoms with E-state index in [0.717, 1.165) is 31.4 Å². The highest BCUT2D eigenvalue weighted by atomic mass is 127. The van der Waals surface area contributed by atoms with Crippen molar-refractivity contribution in [3.8, 4) is 5.75 Å². The summed E-state index contributed by atoms with van der Waals surface area (Å²) in [6, 6.07) is 8.36. The second-order valence-corrected chi connectivity index (χ2v) is 5.60. The Hall–Kier alpha value is -1.06. The first-order valence-electron chi connectivity index (χ1n) is 8.52. The summed E-state index contributed by atoms with van der Waals surface area (Å²) < 4.78 is 10.6. The lowest BCUT2D eigenvalue weighted by molar-refractivity contribution is 0.152. The second kappa shape index (κ2) is 14.1. The van der Waals surface area contributed by atoms with Crippen LogP contribution in [0.3, 0.4) is 0 Å². The topological polar surface area (TPSA) is 58.1 Å². The minimum Gasteiger partial charge on any atom is -0.497 e. The van der Waals surface area contributed by atoms with Crippen LogP contribution in [0.25, 0.3) is 0 Å². The maximum absolute atomic E-state index is 5.35. The molecule has 2 N–H and O–H groups in total. The Morgan fingerprint density at radius 3 is 2.36 bits per heavy atom. The van der Waals surface area contributed by atoms with Gasteiger partial charge in [0.25, 0.3) is 0 Å². The van der Waals surface area contributed by atoms with Gasteiger partial charge in [0, 0.05) is 19.7 Å². The average molecular weight is 464 g/mol. The number of likely N-dealkylation sites (N-methyl/N-ethyl adjacent to an activating group) is 1. The Bertz CT molecular complexity index is 480. The van der Waals surface area contributed by atoms with Gasteiger partial charge < -0.3 is 25.0 Å². The highest BCUT2D eigenvalue weighted by molar-refractivity contribution is 14.0. The minimum absolute atomic E-state index is 0. The molecule has 0 radical (unpaired) electrons. The van der Waals surface area contributed by atoms with Crippen molar-refractivity contribution in [1.29, 1.82) is 0 Å². The van der Waals surface area contributed by atoms with Gasteiger partial charge in [-0.15, -0.1) is 24.0 Å². The normalized spacial score (nSPS) is 12.5. The number of rotatable bonds is 10. The Morgan fingerprint density at radius 1 is 1.16 bits per heavy atom. The van der Waals surface area contributed by atoms with Gasteiger partial charge in [-0.1, -0.05) is 12.1 Å². The monoisotopic (exact) mass is 464 g/mol. The van der Waals surface area contributed by atoms with Gasteiger partial charge in [0.1, 0.15) is 5.75 Å². The number of nitrogens with one attached hydrogen (secondary N) is 2. The zero-order valence-corrected chi connectivity index (χ0v) is 18.4. The fraction of sp³-hybridized carbons (Fsp3) is 0.611. The predicted octanol–water partition coefficient (Wildman–Crippen LogP) is 2.51. The predicted molar refractivity (Wildman–Crippen MR) is 115 cm³/mol. The number of methoxy groups -OCH3 is 1. The van der Waals surface area contributed by atoms with Crippen molar-refractivity contribution in [2.75, 3.05) is 54.1 Å². The van der Waals surface area contributed by atoms with Crippen LogP contribution in [0.4, 0.5) is 0 Å². The van der Waals surface area contributed by atoms with Crippen molar-refractivity contribution in [2.45, 2.75) is 19.9 Å². The van der Waals surface area contributed by atoms with Gasteiger partial charge in [0.05, 0.1) is 26.3 Å². The first-order chi connectivity index (χ1) is 11.6. The lowest BCUT2D eigenvalue weighted by Gasteiger charge is -2.24. The molecular weight excluding hydrogens is 431 g/mol. The molecule has 144 valence electrons. The smallest absolute Gasteiger partial charge is 0.191 e.